The summed E-state index contributed by atoms with van der Waals surface area (Å²) < 4.78 is 15.0. The van der Waals surface area contributed by atoms with Gasteiger partial charge >= 0.3 is 11.6 Å². The number of esters is 1. The maximum absolute atomic E-state index is 11.5. The normalized spacial score (nSPS) is 10.9. The minimum Gasteiger partial charge on any atom is -0.497 e. The molecule has 1 heterocycles. The second kappa shape index (κ2) is 6.06. The molecule has 2 rings (SSSR count). The lowest BCUT2D eigenvalue weighted by atomic mass is 10.1. The van der Waals surface area contributed by atoms with Crippen LogP contribution in [0.25, 0.3) is 17.0 Å². The molecule has 0 saturated carbocycles. The topological polar surface area (TPSA) is 65.7 Å². The molecule has 0 aliphatic heterocycles. The molecule has 0 amide bonds. The van der Waals surface area contributed by atoms with Crippen LogP contribution in [0.5, 0.6) is 5.75 Å². The average Bonchev–Trinajstić information content (AvgIpc) is 2.44. The van der Waals surface area contributed by atoms with E-state index in [0.29, 0.717) is 28.9 Å². The predicted octanol–water partition coefficient (Wildman–Crippen LogP) is 2.38. The van der Waals surface area contributed by atoms with Gasteiger partial charge in [0.25, 0.3) is 0 Å². The van der Waals surface area contributed by atoms with Crippen molar-refractivity contribution in [2.45, 2.75) is 6.92 Å². The standard InChI is InChI=1S/C15H14O5/c1-3-19-14(16)7-4-10-8-15(17)20-13-9-11(18-2)5-6-12(10)13/h4-9H,3H2,1-2H3/b7-4+. The van der Waals surface area contributed by atoms with Gasteiger partial charge in [0.05, 0.1) is 13.7 Å². The van der Waals surface area contributed by atoms with Gasteiger partial charge in [-0.05, 0) is 30.7 Å². The first kappa shape index (κ1) is 13.9. The first-order valence-electron chi connectivity index (χ1n) is 6.10. The predicted molar refractivity (Wildman–Crippen MR) is 74.7 cm³/mol. The zero-order chi connectivity index (χ0) is 14.5. The van der Waals surface area contributed by atoms with Gasteiger partial charge in [-0.3, -0.25) is 0 Å². The molecule has 20 heavy (non-hydrogen) atoms. The highest BCUT2D eigenvalue weighted by atomic mass is 16.5. The summed E-state index contributed by atoms with van der Waals surface area (Å²) in [6.45, 7) is 2.03. The van der Waals surface area contributed by atoms with Gasteiger partial charge < -0.3 is 13.9 Å². The van der Waals surface area contributed by atoms with E-state index >= 15 is 0 Å². The Morgan fingerprint density at radius 1 is 1.35 bits per heavy atom. The van der Waals surface area contributed by atoms with Gasteiger partial charge in [0.1, 0.15) is 11.3 Å². The van der Waals surface area contributed by atoms with Crippen molar-refractivity contribution in [3.05, 3.63) is 46.3 Å². The summed E-state index contributed by atoms with van der Waals surface area (Å²) >= 11 is 0. The van der Waals surface area contributed by atoms with E-state index in [9.17, 15) is 9.59 Å². The van der Waals surface area contributed by atoms with Crippen molar-refractivity contribution in [2.24, 2.45) is 0 Å². The van der Waals surface area contributed by atoms with Crippen LogP contribution in [0.3, 0.4) is 0 Å². The fourth-order valence-corrected chi connectivity index (χ4v) is 1.78. The maximum Gasteiger partial charge on any atom is 0.336 e. The smallest absolute Gasteiger partial charge is 0.336 e. The van der Waals surface area contributed by atoms with Crippen LogP contribution >= 0.6 is 0 Å². The van der Waals surface area contributed by atoms with Gasteiger partial charge in [-0.1, -0.05) is 0 Å². The molecule has 1 aromatic heterocycles. The van der Waals surface area contributed by atoms with E-state index in [1.165, 1.54) is 25.3 Å². The van der Waals surface area contributed by atoms with Gasteiger partial charge in [-0.15, -0.1) is 0 Å². The zero-order valence-corrected chi connectivity index (χ0v) is 11.2. The van der Waals surface area contributed by atoms with E-state index in [1.54, 1.807) is 25.1 Å². The monoisotopic (exact) mass is 274 g/mol. The number of benzene rings is 1. The summed E-state index contributed by atoms with van der Waals surface area (Å²) in [6.07, 6.45) is 2.81. The molecule has 0 atom stereocenters. The second-order valence-electron chi connectivity index (χ2n) is 3.97. The SMILES string of the molecule is CCOC(=O)/C=C/c1cc(=O)oc2cc(OC)ccc12. The number of hydrogen-bond donors (Lipinski definition) is 0. The summed E-state index contributed by atoms with van der Waals surface area (Å²) in [5.74, 6) is 0.134. The highest BCUT2D eigenvalue weighted by molar-refractivity contribution is 5.93. The zero-order valence-electron chi connectivity index (χ0n) is 11.2. The third-order valence-electron chi connectivity index (χ3n) is 2.67. The molecule has 2 aromatic rings. The first-order chi connectivity index (χ1) is 9.63. The quantitative estimate of drug-likeness (QED) is 0.486. The molecule has 0 N–H and O–H groups in total. The molecule has 104 valence electrons. The molecule has 0 saturated heterocycles. The molecule has 0 radical (unpaired) electrons. The molecule has 5 heteroatoms. The lowest BCUT2D eigenvalue weighted by molar-refractivity contribution is -0.137. The molecule has 0 spiro atoms. The fraction of sp³-hybridized carbons (Fsp3) is 0.200. The molecule has 0 unspecified atom stereocenters. The molecule has 1 aromatic carbocycles. The molecule has 0 bridgehead atoms. The minimum absolute atomic E-state index is 0.304. The van der Waals surface area contributed by atoms with Crippen LogP contribution < -0.4 is 10.4 Å². The molecular formula is C15H14O5. The van der Waals surface area contributed by atoms with Crippen LogP contribution in [0.2, 0.25) is 0 Å². The summed E-state index contributed by atoms with van der Waals surface area (Å²) in [7, 11) is 1.53. The fourth-order valence-electron chi connectivity index (χ4n) is 1.78. The number of methoxy groups -OCH3 is 1. The van der Waals surface area contributed by atoms with E-state index in [1.807, 2.05) is 0 Å². The Balaban J connectivity index is 2.47. The van der Waals surface area contributed by atoms with Gasteiger partial charge in [0, 0.05) is 23.6 Å². The van der Waals surface area contributed by atoms with E-state index in [-0.39, 0.29) is 0 Å². The highest BCUT2D eigenvalue weighted by Gasteiger charge is 2.05. The van der Waals surface area contributed by atoms with Crippen molar-refractivity contribution in [1.82, 2.24) is 0 Å². The molecular weight excluding hydrogens is 260 g/mol. The lowest BCUT2D eigenvalue weighted by Crippen LogP contribution is -2.00. The average molecular weight is 274 g/mol. The number of ether oxygens (including phenoxy) is 2. The Morgan fingerprint density at radius 3 is 2.85 bits per heavy atom. The van der Waals surface area contributed by atoms with Crippen LogP contribution in [-0.4, -0.2) is 19.7 Å². The van der Waals surface area contributed by atoms with Crippen molar-refractivity contribution >= 4 is 23.0 Å². The Labute approximate surface area is 115 Å². The number of carbonyl (C=O) groups excluding carboxylic acids is 1. The summed E-state index contributed by atoms with van der Waals surface area (Å²) in [4.78, 5) is 22.8. The number of rotatable bonds is 4. The minimum atomic E-state index is -0.491. The van der Waals surface area contributed by atoms with Crippen molar-refractivity contribution in [3.8, 4) is 5.75 Å². The van der Waals surface area contributed by atoms with Crippen molar-refractivity contribution in [1.29, 1.82) is 0 Å². The van der Waals surface area contributed by atoms with Crippen molar-refractivity contribution < 1.29 is 18.7 Å². The van der Waals surface area contributed by atoms with Crippen molar-refractivity contribution in [2.75, 3.05) is 13.7 Å². The number of fused-ring (bicyclic) bond motifs is 1. The summed E-state index contributed by atoms with van der Waals surface area (Å²) in [6, 6.07) is 6.47. The molecule has 5 nitrogen and oxygen atoms in total. The van der Waals surface area contributed by atoms with E-state index in [2.05, 4.69) is 0 Å². The summed E-state index contributed by atoms with van der Waals surface area (Å²) in [5.41, 5.74) is 0.501. The Bertz CT molecular complexity index is 712. The van der Waals surface area contributed by atoms with Crippen molar-refractivity contribution in [3.63, 3.8) is 0 Å². The van der Waals surface area contributed by atoms with Crippen LogP contribution in [-0.2, 0) is 9.53 Å². The Hall–Kier alpha value is -2.56. The van der Waals surface area contributed by atoms with Crippen LogP contribution in [0.4, 0.5) is 0 Å². The second-order valence-corrected chi connectivity index (χ2v) is 3.97. The van der Waals surface area contributed by atoms with E-state index in [4.69, 9.17) is 13.9 Å². The van der Waals surface area contributed by atoms with Gasteiger partial charge in [-0.25, -0.2) is 9.59 Å². The summed E-state index contributed by atoms with van der Waals surface area (Å²) in [5, 5.41) is 0.714. The van der Waals surface area contributed by atoms with Gasteiger partial charge in [-0.2, -0.15) is 0 Å². The molecule has 0 aliphatic carbocycles. The molecule has 0 aliphatic rings. The number of carbonyl (C=O) groups is 1. The third kappa shape index (κ3) is 3.06. The lowest BCUT2D eigenvalue weighted by Gasteiger charge is -2.03. The Kier molecular flexibility index (Phi) is 4.20. The van der Waals surface area contributed by atoms with Crippen LogP contribution in [0, 0.1) is 0 Å². The first-order valence-corrected chi connectivity index (χ1v) is 6.10. The number of hydrogen-bond acceptors (Lipinski definition) is 5. The van der Waals surface area contributed by atoms with E-state index in [0.717, 1.165) is 0 Å². The van der Waals surface area contributed by atoms with Crippen LogP contribution in [0.1, 0.15) is 12.5 Å². The largest absolute Gasteiger partial charge is 0.497 e. The maximum atomic E-state index is 11.5. The van der Waals surface area contributed by atoms with Gasteiger partial charge in [0.15, 0.2) is 0 Å². The van der Waals surface area contributed by atoms with Gasteiger partial charge in [0.2, 0.25) is 0 Å². The highest BCUT2D eigenvalue weighted by Crippen LogP contribution is 2.23. The Morgan fingerprint density at radius 2 is 2.15 bits per heavy atom. The van der Waals surface area contributed by atoms with Crippen LogP contribution in [0.15, 0.2) is 39.6 Å². The third-order valence-corrected chi connectivity index (χ3v) is 2.67. The van der Waals surface area contributed by atoms with E-state index < -0.39 is 11.6 Å². The molecule has 0 fully saturated rings.